The third-order valence-electron chi connectivity index (χ3n) is 4.58. The van der Waals surface area contributed by atoms with Crippen LogP contribution in [0.5, 0.6) is 0 Å². The van der Waals surface area contributed by atoms with Gasteiger partial charge < -0.3 is 19.6 Å². The van der Waals surface area contributed by atoms with E-state index in [1.165, 1.54) is 0 Å². The van der Waals surface area contributed by atoms with Gasteiger partial charge in [-0.25, -0.2) is 4.79 Å². The number of rotatable bonds is 4. The van der Waals surface area contributed by atoms with Crippen LogP contribution in [0.15, 0.2) is 34.9 Å². The molecule has 1 N–H and O–H groups in total. The number of aryl methyl sites for hydroxylation is 1. The van der Waals surface area contributed by atoms with Crippen LogP contribution < -0.4 is 5.32 Å². The minimum atomic E-state index is -0.358. The topological polar surface area (TPSA) is 91.6 Å². The zero-order valence-corrected chi connectivity index (χ0v) is 15.7. The second kappa shape index (κ2) is 8.66. The third kappa shape index (κ3) is 4.45. The summed E-state index contributed by atoms with van der Waals surface area (Å²) in [7, 11) is 0. The molecular weight excluding hydrogens is 346 g/mol. The van der Waals surface area contributed by atoms with E-state index in [4.69, 9.17) is 4.52 Å². The summed E-state index contributed by atoms with van der Waals surface area (Å²) in [4.78, 5) is 33.3. The molecule has 1 aliphatic heterocycles. The number of nitrogens with zero attached hydrogens (tertiary/aromatic N) is 4. The number of nitrogens with one attached hydrogen (secondary N) is 1. The molecule has 3 amide bonds. The van der Waals surface area contributed by atoms with Gasteiger partial charge in [0.15, 0.2) is 5.82 Å². The third-order valence-corrected chi connectivity index (χ3v) is 4.58. The van der Waals surface area contributed by atoms with Crippen molar-refractivity contribution in [3.05, 3.63) is 47.6 Å². The number of aromatic nitrogens is 2. The van der Waals surface area contributed by atoms with Crippen molar-refractivity contribution >= 4 is 11.9 Å². The van der Waals surface area contributed by atoms with E-state index in [1.807, 2.05) is 25.1 Å². The molecule has 2 aromatic rings. The van der Waals surface area contributed by atoms with Crippen molar-refractivity contribution in [2.75, 3.05) is 26.2 Å². The zero-order chi connectivity index (χ0) is 19.2. The molecule has 8 nitrogen and oxygen atoms in total. The van der Waals surface area contributed by atoms with E-state index in [2.05, 4.69) is 15.5 Å². The number of hydrogen-bond acceptors (Lipinski definition) is 5. The molecule has 1 aromatic carbocycles. The lowest BCUT2D eigenvalue weighted by Crippen LogP contribution is -2.43. The second-order valence-corrected chi connectivity index (χ2v) is 6.57. The first-order chi connectivity index (χ1) is 13.1. The Bertz CT molecular complexity index is 777. The van der Waals surface area contributed by atoms with Crippen LogP contribution in [0.4, 0.5) is 4.79 Å². The Morgan fingerprint density at radius 2 is 2.00 bits per heavy atom. The molecule has 144 valence electrons. The van der Waals surface area contributed by atoms with E-state index < -0.39 is 0 Å². The van der Waals surface area contributed by atoms with E-state index >= 15 is 0 Å². The molecule has 0 aliphatic carbocycles. The van der Waals surface area contributed by atoms with Gasteiger partial charge in [0.2, 0.25) is 5.89 Å². The number of benzene rings is 1. The van der Waals surface area contributed by atoms with Crippen molar-refractivity contribution < 1.29 is 14.1 Å². The maximum atomic E-state index is 13.1. The van der Waals surface area contributed by atoms with Crippen LogP contribution in [-0.2, 0) is 0 Å². The highest BCUT2D eigenvalue weighted by molar-refractivity contribution is 5.94. The standard InChI is InChI=1S/C19H25N5O3/c1-3-10-20-19(26)23-11-9-16(17-21-14(2)22-27-17)24(13-12-23)18(25)15-7-5-4-6-8-15/h4-8,16H,3,9-13H2,1-2H3,(H,20,26). The molecule has 27 heavy (non-hydrogen) atoms. The van der Waals surface area contributed by atoms with E-state index in [1.54, 1.807) is 28.9 Å². The summed E-state index contributed by atoms with van der Waals surface area (Å²) in [5.41, 5.74) is 0.600. The monoisotopic (exact) mass is 371 g/mol. The molecule has 1 fully saturated rings. The average Bonchev–Trinajstić information content (AvgIpc) is 3.00. The molecule has 1 aromatic heterocycles. The summed E-state index contributed by atoms with van der Waals surface area (Å²) in [6.45, 7) is 5.76. The lowest BCUT2D eigenvalue weighted by molar-refractivity contribution is 0.0651. The first-order valence-electron chi connectivity index (χ1n) is 9.29. The fourth-order valence-electron chi connectivity index (χ4n) is 3.17. The maximum absolute atomic E-state index is 13.1. The molecule has 0 bridgehead atoms. The van der Waals surface area contributed by atoms with Gasteiger partial charge in [0.25, 0.3) is 5.91 Å². The highest BCUT2D eigenvalue weighted by Gasteiger charge is 2.34. The van der Waals surface area contributed by atoms with Gasteiger partial charge in [0, 0.05) is 31.7 Å². The summed E-state index contributed by atoms with van der Waals surface area (Å²) in [5.74, 6) is 0.832. The molecule has 3 rings (SSSR count). The van der Waals surface area contributed by atoms with Crippen LogP contribution in [0, 0.1) is 6.92 Å². The van der Waals surface area contributed by atoms with Crippen molar-refractivity contribution in [2.45, 2.75) is 32.7 Å². The van der Waals surface area contributed by atoms with Crippen molar-refractivity contribution in [2.24, 2.45) is 0 Å². The number of carbonyl (C=O) groups excluding carboxylic acids is 2. The van der Waals surface area contributed by atoms with Crippen molar-refractivity contribution in [3.8, 4) is 0 Å². The van der Waals surface area contributed by atoms with Gasteiger partial charge in [0.05, 0.1) is 0 Å². The van der Waals surface area contributed by atoms with Crippen LogP contribution >= 0.6 is 0 Å². The Morgan fingerprint density at radius 3 is 2.67 bits per heavy atom. The maximum Gasteiger partial charge on any atom is 0.317 e. The fourth-order valence-corrected chi connectivity index (χ4v) is 3.17. The molecule has 0 spiro atoms. The summed E-state index contributed by atoms with van der Waals surface area (Å²) in [5, 5.41) is 6.76. The van der Waals surface area contributed by atoms with Gasteiger partial charge in [0.1, 0.15) is 6.04 Å². The lowest BCUT2D eigenvalue weighted by atomic mass is 10.1. The molecule has 1 saturated heterocycles. The summed E-state index contributed by atoms with van der Waals surface area (Å²) in [6.07, 6.45) is 1.42. The molecule has 1 aliphatic rings. The molecule has 1 atom stereocenters. The Labute approximate surface area is 158 Å². The van der Waals surface area contributed by atoms with Crippen molar-refractivity contribution in [1.29, 1.82) is 0 Å². The Hall–Kier alpha value is -2.90. The predicted octanol–water partition coefficient (Wildman–Crippen LogP) is 2.39. The largest absolute Gasteiger partial charge is 0.338 e. The van der Waals surface area contributed by atoms with Crippen LogP contribution in [0.2, 0.25) is 0 Å². The molecule has 8 heteroatoms. The quantitative estimate of drug-likeness (QED) is 0.891. The van der Waals surface area contributed by atoms with Crippen LogP contribution in [0.3, 0.4) is 0 Å². The van der Waals surface area contributed by atoms with E-state index in [9.17, 15) is 9.59 Å². The van der Waals surface area contributed by atoms with Gasteiger partial charge in [-0.05, 0) is 31.9 Å². The minimum Gasteiger partial charge on any atom is -0.338 e. The highest BCUT2D eigenvalue weighted by Crippen LogP contribution is 2.27. The van der Waals surface area contributed by atoms with Crippen LogP contribution in [0.25, 0.3) is 0 Å². The molecule has 1 unspecified atom stereocenters. The fraction of sp³-hybridized carbons (Fsp3) is 0.474. The van der Waals surface area contributed by atoms with Crippen molar-refractivity contribution in [3.63, 3.8) is 0 Å². The first kappa shape index (κ1) is 18.9. The SMILES string of the molecule is CCCNC(=O)N1CCC(c2nc(C)no2)N(C(=O)c2ccccc2)CC1. The van der Waals surface area contributed by atoms with E-state index in [-0.39, 0.29) is 18.0 Å². The molecule has 0 saturated carbocycles. The Balaban J connectivity index is 1.83. The Morgan fingerprint density at radius 1 is 1.22 bits per heavy atom. The van der Waals surface area contributed by atoms with E-state index in [0.29, 0.717) is 49.9 Å². The van der Waals surface area contributed by atoms with Crippen LogP contribution in [0.1, 0.15) is 47.9 Å². The van der Waals surface area contributed by atoms with Crippen LogP contribution in [-0.4, -0.2) is 58.1 Å². The van der Waals surface area contributed by atoms with Gasteiger partial charge in [-0.1, -0.05) is 30.3 Å². The highest BCUT2D eigenvalue weighted by atomic mass is 16.5. The molecular formula is C19H25N5O3. The van der Waals surface area contributed by atoms with Gasteiger partial charge >= 0.3 is 6.03 Å². The van der Waals surface area contributed by atoms with Gasteiger partial charge in [-0.3, -0.25) is 4.79 Å². The number of hydrogen-bond donors (Lipinski definition) is 1. The van der Waals surface area contributed by atoms with Gasteiger partial charge in [-0.15, -0.1) is 0 Å². The smallest absolute Gasteiger partial charge is 0.317 e. The summed E-state index contributed by atoms with van der Waals surface area (Å²) < 4.78 is 5.36. The normalized spacial score (nSPS) is 17.5. The Kier molecular flexibility index (Phi) is 6.05. The number of urea groups is 1. The second-order valence-electron chi connectivity index (χ2n) is 6.57. The minimum absolute atomic E-state index is 0.104. The van der Waals surface area contributed by atoms with Crippen molar-refractivity contribution in [1.82, 2.24) is 25.3 Å². The summed E-state index contributed by atoms with van der Waals surface area (Å²) in [6, 6.07) is 8.65. The molecule has 0 radical (unpaired) electrons. The van der Waals surface area contributed by atoms with E-state index in [0.717, 1.165) is 6.42 Å². The lowest BCUT2D eigenvalue weighted by Gasteiger charge is -2.27. The first-order valence-corrected chi connectivity index (χ1v) is 9.29. The number of carbonyl (C=O) groups is 2. The number of amides is 3. The average molecular weight is 371 g/mol. The zero-order valence-electron chi connectivity index (χ0n) is 15.7. The van der Waals surface area contributed by atoms with Gasteiger partial charge in [-0.2, -0.15) is 4.98 Å². The summed E-state index contributed by atoms with van der Waals surface area (Å²) >= 11 is 0. The predicted molar refractivity (Wildman–Crippen MR) is 99.1 cm³/mol. The molecule has 2 heterocycles.